The minimum atomic E-state index is -0.252. The van der Waals surface area contributed by atoms with E-state index in [0.29, 0.717) is 31.1 Å². The van der Waals surface area contributed by atoms with E-state index in [1.54, 1.807) is 0 Å². The summed E-state index contributed by atoms with van der Waals surface area (Å²) in [5, 5.41) is 0. The molecule has 0 saturated heterocycles. The van der Waals surface area contributed by atoms with Gasteiger partial charge in [0.1, 0.15) is 11.4 Å². The molecule has 0 aliphatic heterocycles. The monoisotopic (exact) mass is 359 g/mol. The summed E-state index contributed by atoms with van der Waals surface area (Å²) in [6.07, 6.45) is 0. The lowest BCUT2D eigenvalue weighted by Crippen LogP contribution is -2.31. The number of alkyl halides is 1. The van der Waals surface area contributed by atoms with Gasteiger partial charge in [0.25, 0.3) is 0 Å². The Morgan fingerprint density at radius 1 is 1.04 bits per heavy atom. The lowest BCUT2D eigenvalue weighted by Gasteiger charge is -2.22. The fourth-order valence-corrected chi connectivity index (χ4v) is 2.77. The van der Waals surface area contributed by atoms with E-state index in [2.05, 4.69) is 17.0 Å². The van der Waals surface area contributed by atoms with Crippen LogP contribution in [0.3, 0.4) is 0 Å². The van der Waals surface area contributed by atoms with Crippen LogP contribution in [0.4, 0.5) is 0 Å². The second kappa shape index (κ2) is 9.02. The molecule has 0 aromatic heterocycles. The molecule has 0 unspecified atom stereocenters. The fraction of sp³-hybridized carbons (Fsp3) is 0.381. The first-order valence-corrected chi connectivity index (χ1v) is 9.05. The van der Waals surface area contributed by atoms with Gasteiger partial charge < -0.3 is 4.74 Å². The van der Waals surface area contributed by atoms with Crippen molar-refractivity contribution in [3.63, 3.8) is 0 Å². The van der Waals surface area contributed by atoms with Crippen LogP contribution in [0.25, 0.3) is 0 Å². The molecule has 0 saturated carbocycles. The number of hydrogen-bond donors (Lipinski definition) is 0. The quantitative estimate of drug-likeness (QED) is 0.501. The molecule has 0 atom stereocenters. The van der Waals surface area contributed by atoms with Crippen LogP contribution in [0.15, 0.2) is 54.6 Å². The molecule has 0 fully saturated rings. The second-order valence-corrected chi connectivity index (χ2v) is 7.43. The third-order valence-corrected chi connectivity index (χ3v) is 3.79. The molecule has 3 nitrogen and oxygen atoms in total. The molecule has 134 valence electrons. The highest BCUT2D eigenvalue weighted by Gasteiger charge is 2.15. The summed E-state index contributed by atoms with van der Waals surface area (Å²) in [7, 11) is 0. The molecular weight excluding hydrogens is 334 g/mol. The Morgan fingerprint density at radius 3 is 2.24 bits per heavy atom. The van der Waals surface area contributed by atoms with Gasteiger partial charge in [-0.05, 0) is 50.6 Å². The first kappa shape index (κ1) is 19.5. The van der Waals surface area contributed by atoms with E-state index < -0.39 is 0 Å². The summed E-state index contributed by atoms with van der Waals surface area (Å²) in [5.74, 6) is 1.35. The number of carbonyl (C=O) groups is 1. The minimum Gasteiger partial charge on any atom is -0.488 e. The van der Waals surface area contributed by atoms with Crippen molar-refractivity contribution >= 4 is 17.4 Å². The number of Topliss-reactive ketones (excluding diaryl/α,β-unsaturated/α-hetero) is 1. The fourth-order valence-electron chi connectivity index (χ4n) is 2.53. The number of rotatable bonds is 8. The van der Waals surface area contributed by atoms with E-state index >= 15 is 0 Å². The molecular formula is C21H26ClNO2. The summed E-state index contributed by atoms with van der Waals surface area (Å²) in [4.78, 5) is 14.7. The number of carbonyl (C=O) groups excluding carboxylic acids is 1. The maximum atomic E-state index is 12.6. The predicted molar refractivity (Wildman–Crippen MR) is 104 cm³/mol. The normalized spacial score (nSPS) is 11.6. The summed E-state index contributed by atoms with van der Waals surface area (Å²) in [6, 6.07) is 17.5. The van der Waals surface area contributed by atoms with Crippen molar-refractivity contribution < 1.29 is 9.53 Å². The molecule has 0 N–H and O–H groups in total. The second-order valence-electron chi connectivity index (χ2n) is 7.05. The SMILES string of the molecule is CC(C)(C)Oc1ccc(C(=O)CN(CCCl)Cc2ccccc2)cc1. The molecule has 0 heterocycles. The van der Waals surface area contributed by atoms with Crippen molar-refractivity contribution in [1.82, 2.24) is 4.90 Å². The van der Waals surface area contributed by atoms with Crippen LogP contribution in [0.2, 0.25) is 0 Å². The van der Waals surface area contributed by atoms with Gasteiger partial charge in [-0.2, -0.15) is 0 Å². The zero-order chi connectivity index (χ0) is 18.3. The number of nitrogens with zero attached hydrogens (tertiary/aromatic N) is 1. The minimum absolute atomic E-state index is 0.0864. The molecule has 0 aliphatic rings. The number of ether oxygens (including phenoxy) is 1. The van der Waals surface area contributed by atoms with Crippen molar-refractivity contribution in [1.29, 1.82) is 0 Å². The molecule has 0 spiro atoms. The molecule has 4 heteroatoms. The van der Waals surface area contributed by atoms with E-state index in [1.165, 1.54) is 5.56 Å². The van der Waals surface area contributed by atoms with Gasteiger partial charge in [0.2, 0.25) is 0 Å². The number of hydrogen-bond acceptors (Lipinski definition) is 3. The van der Waals surface area contributed by atoms with E-state index in [-0.39, 0.29) is 11.4 Å². The number of halogens is 1. The largest absolute Gasteiger partial charge is 0.488 e. The lowest BCUT2D eigenvalue weighted by molar-refractivity contribution is 0.0930. The molecule has 0 radical (unpaired) electrons. The summed E-state index contributed by atoms with van der Waals surface area (Å²) < 4.78 is 5.80. The van der Waals surface area contributed by atoms with Crippen molar-refractivity contribution in [3.8, 4) is 5.75 Å². The van der Waals surface area contributed by atoms with Crippen LogP contribution in [0.5, 0.6) is 5.75 Å². The average Bonchev–Trinajstić information content (AvgIpc) is 2.55. The van der Waals surface area contributed by atoms with Crippen LogP contribution >= 0.6 is 11.6 Å². The first-order valence-electron chi connectivity index (χ1n) is 8.52. The molecule has 2 rings (SSSR count). The highest BCUT2D eigenvalue weighted by molar-refractivity contribution is 6.18. The van der Waals surface area contributed by atoms with Gasteiger partial charge >= 0.3 is 0 Å². The van der Waals surface area contributed by atoms with E-state index in [0.717, 1.165) is 5.75 Å². The van der Waals surface area contributed by atoms with Gasteiger partial charge in [0.15, 0.2) is 5.78 Å². The smallest absolute Gasteiger partial charge is 0.176 e. The molecule has 25 heavy (non-hydrogen) atoms. The maximum absolute atomic E-state index is 12.6. The number of benzene rings is 2. The predicted octanol–water partition coefficient (Wildman–Crippen LogP) is 4.79. The van der Waals surface area contributed by atoms with Gasteiger partial charge in [-0.3, -0.25) is 9.69 Å². The Hall–Kier alpha value is -1.84. The Bertz CT molecular complexity index is 663. The molecule has 0 aliphatic carbocycles. The Morgan fingerprint density at radius 2 is 1.68 bits per heavy atom. The zero-order valence-electron chi connectivity index (χ0n) is 15.2. The third-order valence-electron chi connectivity index (χ3n) is 3.62. The van der Waals surface area contributed by atoms with Gasteiger partial charge in [0, 0.05) is 24.5 Å². The van der Waals surface area contributed by atoms with Gasteiger partial charge in [-0.25, -0.2) is 0 Å². The lowest BCUT2D eigenvalue weighted by atomic mass is 10.1. The van der Waals surface area contributed by atoms with Crippen molar-refractivity contribution in [2.45, 2.75) is 32.9 Å². The van der Waals surface area contributed by atoms with E-state index in [1.807, 2.05) is 63.2 Å². The summed E-state index contributed by atoms with van der Waals surface area (Å²) in [5.41, 5.74) is 1.61. The van der Waals surface area contributed by atoms with E-state index in [9.17, 15) is 4.79 Å². The molecule has 2 aromatic rings. The Kier molecular flexibility index (Phi) is 7.03. The van der Waals surface area contributed by atoms with Gasteiger partial charge in [-0.1, -0.05) is 30.3 Å². The topological polar surface area (TPSA) is 29.5 Å². The van der Waals surface area contributed by atoms with Gasteiger partial charge in [-0.15, -0.1) is 11.6 Å². The van der Waals surface area contributed by atoms with Crippen molar-refractivity contribution in [2.75, 3.05) is 19.0 Å². The van der Waals surface area contributed by atoms with Crippen molar-refractivity contribution in [2.24, 2.45) is 0 Å². The standard InChI is InChI=1S/C21H26ClNO2/c1-21(2,3)25-19-11-9-18(10-12-19)20(24)16-23(14-13-22)15-17-7-5-4-6-8-17/h4-12H,13-16H2,1-3H3. The average molecular weight is 360 g/mol. The zero-order valence-corrected chi connectivity index (χ0v) is 15.9. The summed E-state index contributed by atoms with van der Waals surface area (Å²) in [6.45, 7) is 7.73. The Labute approximate surface area is 155 Å². The molecule has 2 aromatic carbocycles. The van der Waals surface area contributed by atoms with Gasteiger partial charge in [0.05, 0.1) is 6.54 Å². The highest BCUT2D eigenvalue weighted by atomic mass is 35.5. The highest BCUT2D eigenvalue weighted by Crippen LogP contribution is 2.19. The molecule has 0 bridgehead atoms. The first-order chi connectivity index (χ1) is 11.9. The number of ketones is 1. The maximum Gasteiger partial charge on any atom is 0.176 e. The third kappa shape index (κ3) is 6.89. The van der Waals surface area contributed by atoms with Crippen LogP contribution in [-0.4, -0.2) is 35.3 Å². The molecule has 0 amide bonds. The van der Waals surface area contributed by atoms with Crippen LogP contribution in [0.1, 0.15) is 36.7 Å². The summed E-state index contributed by atoms with van der Waals surface area (Å²) >= 11 is 5.90. The van der Waals surface area contributed by atoms with Crippen LogP contribution in [0, 0.1) is 0 Å². The van der Waals surface area contributed by atoms with Crippen molar-refractivity contribution in [3.05, 3.63) is 65.7 Å². The van der Waals surface area contributed by atoms with Crippen LogP contribution in [-0.2, 0) is 6.54 Å². The van der Waals surface area contributed by atoms with Crippen LogP contribution < -0.4 is 4.74 Å². The Balaban J connectivity index is 2.00. The van der Waals surface area contributed by atoms with E-state index in [4.69, 9.17) is 16.3 Å².